The first kappa shape index (κ1) is 11.0. The molecular weight excluding hydrogens is 204 g/mol. The van der Waals surface area contributed by atoms with E-state index >= 15 is 0 Å². The van der Waals surface area contributed by atoms with Gasteiger partial charge < -0.3 is 14.6 Å². The Kier molecular flexibility index (Phi) is 2.73. The zero-order valence-corrected chi connectivity index (χ0v) is 9.91. The molecular formula is C13H22O3. The fraction of sp³-hybridized carbons (Fsp3) is 1.00. The minimum atomic E-state index is -0.515. The van der Waals surface area contributed by atoms with Gasteiger partial charge in [-0.2, -0.15) is 0 Å². The van der Waals surface area contributed by atoms with Gasteiger partial charge in [-0.25, -0.2) is 0 Å². The quantitative estimate of drug-likeness (QED) is 0.688. The van der Waals surface area contributed by atoms with E-state index in [1.807, 2.05) is 0 Å². The van der Waals surface area contributed by atoms with Gasteiger partial charge in [0, 0.05) is 12.3 Å². The molecule has 0 aromatic rings. The molecule has 3 heteroatoms. The number of ether oxygens (including phenoxy) is 2. The number of fused-ring (bicyclic) bond motifs is 2. The zero-order chi connectivity index (χ0) is 11.1. The summed E-state index contributed by atoms with van der Waals surface area (Å²) in [5, 5.41) is 10.8. The highest BCUT2D eigenvalue weighted by Crippen LogP contribution is 2.51. The van der Waals surface area contributed by atoms with E-state index in [0.29, 0.717) is 13.2 Å². The second-order valence-corrected chi connectivity index (χ2v) is 5.62. The molecule has 3 aliphatic rings. The molecule has 1 heterocycles. The van der Waals surface area contributed by atoms with E-state index in [0.717, 1.165) is 38.5 Å². The van der Waals surface area contributed by atoms with E-state index < -0.39 is 11.4 Å². The van der Waals surface area contributed by atoms with Gasteiger partial charge in [0.15, 0.2) is 5.79 Å². The van der Waals surface area contributed by atoms with Crippen LogP contribution in [0, 0.1) is 5.92 Å². The van der Waals surface area contributed by atoms with E-state index in [2.05, 4.69) is 0 Å². The average molecular weight is 226 g/mol. The molecule has 0 unspecified atom stereocenters. The third-order valence-electron chi connectivity index (χ3n) is 4.69. The van der Waals surface area contributed by atoms with Crippen molar-refractivity contribution in [2.45, 2.75) is 62.8 Å². The number of hydrogen-bond donors (Lipinski definition) is 1. The first-order chi connectivity index (χ1) is 7.75. The van der Waals surface area contributed by atoms with Gasteiger partial charge in [0.05, 0.1) is 18.8 Å². The average Bonchev–Trinajstić information content (AvgIpc) is 2.61. The maximum absolute atomic E-state index is 10.8. The highest BCUT2D eigenvalue weighted by atomic mass is 16.7. The van der Waals surface area contributed by atoms with Gasteiger partial charge in [-0.3, -0.25) is 0 Å². The van der Waals surface area contributed by atoms with Crippen molar-refractivity contribution in [3.63, 3.8) is 0 Å². The molecule has 2 aliphatic carbocycles. The molecule has 3 nitrogen and oxygen atoms in total. The molecule has 92 valence electrons. The Balaban J connectivity index is 1.89. The molecule has 3 fully saturated rings. The molecule has 1 N–H and O–H groups in total. The van der Waals surface area contributed by atoms with Crippen molar-refractivity contribution in [3.05, 3.63) is 0 Å². The van der Waals surface area contributed by atoms with Crippen LogP contribution in [0.4, 0.5) is 0 Å². The molecule has 2 atom stereocenters. The first-order valence-electron chi connectivity index (χ1n) is 6.76. The largest absolute Gasteiger partial charge is 0.389 e. The third kappa shape index (κ3) is 1.60. The van der Waals surface area contributed by atoms with Crippen LogP contribution < -0.4 is 0 Å². The van der Waals surface area contributed by atoms with Crippen LogP contribution in [-0.4, -0.2) is 29.7 Å². The second kappa shape index (κ2) is 3.97. The molecule has 0 bridgehead atoms. The Hall–Kier alpha value is -0.120. The number of rotatable bonds is 0. The van der Waals surface area contributed by atoms with Crippen molar-refractivity contribution < 1.29 is 14.6 Å². The Morgan fingerprint density at radius 3 is 2.44 bits per heavy atom. The predicted octanol–water partition coefficient (Wildman–Crippen LogP) is 2.22. The highest BCUT2D eigenvalue weighted by Gasteiger charge is 2.56. The van der Waals surface area contributed by atoms with Gasteiger partial charge in [-0.1, -0.05) is 19.3 Å². The molecule has 2 saturated carbocycles. The van der Waals surface area contributed by atoms with Crippen LogP contribution in [0.2, 0.25) is 0 Å². The summed E-state index contributed by atoms with van der Waals surface area (Å²) in [5.74, 6) is -0.226. The SMILES string of the molecule is O[C@@]12CCCCC[C@@H]1C1(CCC2)OCCO1. The summed E-state index contributed by atoms with van der Waals surface area (Å²) in [6.07, 6.45) is 8.56. The lowest BCUT2D eigenvalue weighted by molar-refractivity contribution is -0.263. The molecule has 0 aromatic heterocycles. The summed E-state index contributed by atoms with van der Waals surface area (Å²) >= 11 is 0. The van der Waals surface area contributed by atoms with Gasteiger partial charge in [0.1, 0.15) is 0 Å². The fourth-order valence-corrected chi connectivity index (χ4v) is 3.96. The van der Waals surface area contributed by atoms with Crippen molar-refractivity contribution in [1.82, 2.24) is 0 Å². The first-order valence-corrected chi connectivity index (χ1v) is 6.76. The fourth-order valence-electron chi connectivity index (χ4n) is 3.96. The monoisotopic (exact) mass is 226 g/mol. The Morgan fingerprint density at radius 2 is 1.62 bits per heavy atom. The molecule has 1 saturated heterocycles. The van der Waals surface area contributed by atoms with Crippen LogP contribution in [0.25, 0.3) is 0 Å². The summed E-state index contributed by atoms with van der Waals surface area (Å²) in [6, 6.07) is 0. The minimum absolute atomic E-state index is 0.207. The topological polar surface area (TPSA) is 38.7 Å². The van der Waals surface area contributed by atoms with Crippen molar-refractivity contribution in [1.29, 1.82) is 0 Å². The van der Waals surface area contributed by atoms with Crippen molar-refractivity contribution >= 4 is 0 Å². The normalized spacial score (nSPS) is 42.9. The van der Waals surface area contributed by atoms with Crippen LogP contribution in [0.15, 0.2) is 0 Å². The van der Waals surface area contributed by atoms with E-state index in [9.17, 15) is 5.11 Å². The van der Waals surface area contributed by atoms with E-state index in [4.69, 9.17) is 9.47 Å². The third-order valence-corrected chi connectivity index (χ3v) is 4.69. The van der Waals surface area contributed by atoms with E-state index in [1.54, 1.807) is 0 Å². The van der Waals surface area contributed by atoms with Gasteiger partial charge in [-0.05, 0) is 25.7 Å². The summed E-state index contributed by atoms with van der Waals surface area (Å²) in [6.45, 7) is 1.40. The summed E-state index contributed by atoms with van der Waals surface area (Å²) < 4.78 is 11.8. The van der Waals surface area contributed by atoms with Gasteiger partial charge in [0.25, 0.3) is 0 Å². The maximum Gasteiger partial charge on any atom is 0.174 e. The molecule has 0 radical (unpaired) electrons. The Morgan fingerprint density at radius 1 is 0.875 bits per heavy atom. The molecule has 0 aromatic carbocycles. The molecule has 16 heavy (non-hydrogen) atoms. The smallest absolute Gasteiger partial charge is 0.174 e. The summed E-state index contributed by atoms with van der Waals surface area (Å²) in [7, 11) is 0. The molecule has 1 aliphatic heterocycles. The Bertz CT molecular complexity index is 260. The van der Waals surface area contributed by atoms with Crippen LogP contribution in [0.1, 0.15) is 51.4 Å². The van der Waals surface area contributed by atoms with Gasteiger partial charge in [-0.15, -0.1) is 0 Å². The minimum Gasteiger partial charge on any atom is -0.389 e. The highest BCUT2D eigenvalue weighted by molar-refractivity contribution is 5.01. The lowest BCUT2D eigenvalue weighted by Gasteiger charge is -2.48. The van der Waals surface area contributed by atoms with Crippen LogP contribution in [0.3, 0.4) is 0 Å². The summed E-state index contributed by atoms with van der Waals surface area (Å²) in [5.41, 5.74) is -0.515. The maximum atomic E-state index is 10.8. The molecule has 3 rings (SSSR count). The van der Waals surface area contributed by atoms with Crippen molar-refractivity contribution in [3.8, 4) is 0 Å². The van der Waals surface area contributed by atoms with E-state index in [-0.39, 0.29) is 5.92 Å². The second-order valence-electron chi connectivity index (χ2n) is 5.62. The van der Waals surface area contributed by atoms with Crippen LogP contribution >= 0.6 is 0 Å². The Labute approximate surface area is 97.1 Å². The van der Waals surface area contributed by atoms with Crippen molar-refractivity contribution in [2.75, 3.05) is 13.2 Å². The predicted molar refractivity (Wildman–Crippen MR) is 60.0 cm³/mol. The van der Waals surface area contributed by atoms with Gasteiger partial charge >= 0.3 is 0 Å². The van der Waals surface area contributed by atoms with E-state index in [1.165, 1.54) is 12.8 Å². The number of aliphatic hydroxyl groups is 1. The number of hydrogen-bond acceptors (Lipinski definition) is 3. The van der Waals surface area contributed by atoms with Gasteiger partial charge in [0.2, 0.25) is 0 Å². The summed E-state index contributed by atoms with van der Waals surface area (Å²) in [4.78, 5) is 0. The zero-order valence-electron chi connectivity index (χ0n) is 9.91. The lowest BCUT2D eigenvalue weighted by Crippen LogP contribution is -2.55. The molecule has 1 spiro atoms. The van der Waals surface area contributed by atoms with Crippen molar-refractivity contribution in [2.24, 2.45) is 5.92 Å². The van der Waals surface area contributed by atoms with Crippen LogP contribution in [-0.2, 0) is 9.47 Å². The van der Waals surface area contributed by atoms with Crippen LogP contribution in [0.5, 0.6) is 0 Å². The standard InChI is InChI=1S/C13H22O3/c14-12-6-3-1-2-5-11(12)13(8-4-7-12)15-9-10-16-13/h11,14H,1-10H2/t11-,12+/m0/s1. The molecule has 0 amide bonds. The lowest BCUT2D eigenvalue weighted by atomic mass is 9.69.